The van der Waals surface area contributed by atoms with E-state index in [4.69, 9.17) is 0 Å². The molecular formula is C17H14N2O3S. The molecule has 0 unspecified atom stereocenters. The van der Waals surface area contributed by atoms with Gasteiger partial charge in [-0.3, -0.25) is 9.78 Å². The SMILES string of the molecule is Cc1ncccc1S(=O)(=O)n1cc(C=O)cc1-c1ccccc1. The van der Waals surface area contributed by atoms with Crippen LogP contribution in [0.25, 0.3) is 11.3 Å². The van der Waals surface area contributed by atoms with E-state index in [1.807, 2.05) is 18.2 Å². The molecule has 0 aliphatic heterocycles. The van der Waals surface area contributed by atoms with E-state index in [1.165, 1.54) is 12.3 Å². The molecule has 0 N–H and O–H groups in total. The number of benzene rings is 1. The molecule has 0 aliphatic carbocycles. The second-order valence-electron chi connectivity index (χ2n) is 5.03. The second-order valence-corrected chi connectivity index (χ2v) is 6.81. The summed E-state index contributed by atoms with van der Waals surface area (Å²) in [4.78, 5) is 15.3. The van der Waals surface area contributed by atoms with E-state index in [-0.39, 0.29) is 4.90 Å². The average Bonchev–Trinajstić information content (AvgIpc) is 3.01. The minimum absolute atomic E-state index is 0.116. The minimum Gasteiger partial charge on any atom is -0.298 e. The van der Waals surface area contributed by atoms with Crippen molar-refractivity contribution >= 4 is 16.3 Å². The standard InChI is InChI=1S/C17H14N2O3S/c1-13-17(8-5-9-18-13)23(21,22)19-11-14(12-20)10-16(19)15-6-3-2-4-7-15/h2-12H,1H3. The summed E-state index contributed by atoms with van der Waals surface area (Å²) in [6, 6.07) is 13.7. The fraction of sp³-hybridized carbons (Fsp3) is 0.0588. The predicted octanol–water partition coefficient (Wildman–Crippen LogP) is 2.91. The number of hydrogen-bond donors (Lipinski definition) is 0. The Hall–Kier alpha value is -2.73. The number of aromatic nitrogens is 2. The van der Waals surface area contributed by atoms with Crippen molar-refractivity contribution < 1.29 is 13.2 Å². The van der Waals surface area contributed by atoms with E-state index in [9.17, 15) is 13.2 Å². The lowest BCUT2D eigenvalue weighted by Gasteiger charge is -2.12. The summed E-state index contributed by atoms with van der Waals surface area (Å²) in [7, 11) is -3.84. The van der Waals surface area contributed by atoms with Gasteiger partial charge in [0, 0.05) is 18.0 Å². The topological polar surface area (TPSA) is 69.0 Å². The third-order valence-electron chi connectivity index (χ3n) is 3.51. The Kier molecular flexibility index (Phi) is 3.83. The van der Waals surface area contributed by atoms with Gasteiger partial charge in [-0.05, 0) is 30.7 Å². The molecule has 23 heavy (non-hydrogen) atoms. The number of carbonyl (C=O) groups is 1. The molecule has 116 valence electrons. The maximum atomic E-state index is 13.0. The van der Waals surface area contributed by atoms with Gasteiger partial charge >= 0.3 is 0 Å². The zero-order valence-corrected chi connectivity index (χ0v) is 13.2. The van der Waals surface area contributed by atoms with Gasteiger partial charge in [0.05, 0.1) is 11.4 Å². The Morgan fingerprint density at radius 2 is 1.83 bits per heavy atom. The van der Waals surface area contributed by atoms with Crippen LogP contribution in [0, 0.1) is 6.92 Å². The third-order valence-corrected chi connectivity index (χ3v) is 5.32. The molecule has 5 nitrogen and oxygen atoms in total. The first kappa shape index (κ1) is 15.2. The van der Waals surface area contributed by atoms with Crippen LogP contribution in [0.15, 0.2) is 65.8 Å². The first-order valence-corrected chi connectivity index (χ1v) is 8.38. The van der Waals surface area contributed by atoms with Crippen molar-refractivity contribution in [3.05, 3.63) is 72.2 Å². The molecule has 0 atom stereocenters. The van der Waals surface area contributed by atoms with Gasteiger partial charge in [-0.2, -0.15) is 0 Å². The van der Waals surface area contributed by atoms with E-state index >= 15 is 0 Å². The van der Waals surface area contributed by atoms with Gasteiger partial charge < -0.3 is 0 Å². The van der Waals surface area contributed by atoms with Gasteiger partial charge in [0.25, 0.3) is 10.0 Å². The number of hydrogen-bond acceptors (Lipinski definition) is 4. The fourth-order valence-corrected chi connectivity index (χ4v) is 3.96. The van der Waals surface area contributed by atoms with Crippen LogP contribution in [0.4, 0.5) is 0 Å². The molecule has 6 heteroatoms. The summed E-state index contributed by atoms with van der Waals surface area (Å²) in [5, 5.41) is 0. The van der Waals surface area contributed by atoms with E-state index in [0.717, 1.165) is 3.97 Å². The molecule has 3 aromatic rings. The third kappa shape index (κ3) is 2.68. The molecule has 0 amide bonds. The van der Waals surface area contributed by atoms with E-state index in [2.05, 4.69) is 4.98 Å². The number of aryl methyl sites for hydroxylation is 1. The lowest BCUT2D eigenvalue weighted by Crippen LogP contribution is -2.15. The lowest BCUT2D eigenvalue weighted by atomic mass is 10.1. The summed E-state index contributed by atoms with van der Waals surface area (Å²) in [6.07, 6.45) is 3.50. The molecule has 0 saturated carbocycles. The summed E-state index contributed by atoms with van der Waals surface area (Å²) in [5.74, 6) is 0. The number of carbonyl (C=O) groups excluding carboxylic acids is 1. The van der Waals surface area contributed by atoms with Gasteiger partial charge in [0.15, 0.2) is 6.29 Å². The van der Waals surface area contributed by atoms with Crippen LogP contribution < -0.4 is 0 Å². The van der Waals surface area contributed by atoms with Crippen molar-refractivity contribution in [3.8, 4) is 11.3 Å². The van der Waals surface area contributed by atoms with Crippen molar-refractivity contribution in [1.29, 1.82) is 0 Å². The molecule has 1 aromatic carbocycles. The Balaban J connectivity index is 2.26. The number of rotatable bonds is 4. The van der Waals surface area contributed by atoms with Gasteiger partial charge in [-0.25, -0.2) is 12.4 Å². The molecule has 0 fully saturated rings. The Morgan fingerprint density at radius 3 is 2.48 bits per heavy atom. The summed E-state index contributed by atoms with van der Waals surface area (Å²) in [5.41, 5.74) is 1.86. The Morgan fingerprint density at radius 1 is 1.09 bits per heavy atom. The molecule has 0 radical (unpaired) electrons. The van der Waals surface area contributed by atoms with Crippen LogP contribution in [0.5, 0.6) is 0 Å². The maximum absolute atomic E-state index is 13.0. The van der Waals surface area contributed by atoms with E-state index < -0.39 is 10.0 Å². The van der Waals surface area contributed by atoms with Crippen LogP contribution in [-0.2, 0) is 10.0 Å². The number of nitrogens with zero attached hydrogens (tertiary/aromatic N) is 2. The molecule has 2 heterocycles. The van der Waals surface area contributed by atoms with Crippen molar-refractivity contribution in [3.63, 3.8) is 0 Å². The maximum Gasteiger partial charge on any atom is 0.269 e. The Bertz CT molecular complexity index is 961. The summed E-state index contributed by atoms with van der Waals surface area (Å²) in [6.45, 7) is 1.64. The van der Waals surface area contributed by atoms with Crippen molar-refractivity contribution in [2.75, 3.05) is 0 Å². The first-order valence-electron chi connectivity index (χ1n) is 6.94. The van der Waals surface area contributed by atoms with E-state index in [0.29, 0.717) is 28.8 Å². The van der Waals surface area contributed by atoms with Crippen LogP contribution in [0.3, 0.4) is 0 Å². The summed E-state index contributed by atoms with van der Waals surface area (Å²) < 4.78 is 27.1. The second kappa shape index (κ2) is 5.81. The first-order chi connectivity index (χ1) is 11.0. The highest BCUT2D eigenvalue weighted by molar-refractivity contribution is 7.90. The highest BCUT2D eigenvalue weighted by Gasteiger charge is 2.23. The zero-order chi connectivity index (χ0) is 16.4. The van der Waals surface area contributed by atoms with Crippen LogP contribution in [-0.4, -0.2) is 23.7 Å². The molecule has 0 aliphatic rings. The van der Waals surface area contributed by atoms with Gasteiger partial charge in [0.1, 0.15) is 4.90 Å². The average molecular weight is 326 g/mol. The molecule has 3 rings (SSSR count). The van der Waals surface area contributed by atoms with E-state index in [1.54, 1.807) is 37.4 Å². The summed E-state index contributed by atoms with van der Waals surface area (Å²) >= 11 is 0. The van der Waals surface area contributed by atoms with Crippen LogP contribution >= 0.6 is 0 Å². The highest BCUT2D eigenvalue weighted by Crippen LogP contribution is 2.27. The normalized spacial score (nSPS) is 11.3. The molecule has 0 saturated heterocycles. The largest absolute Gasteiger partial charge is 0.298 e. The monoisotopic (exact) mass is 326 g/mol. The van der Waals surface area contributed by atoms with Gasteiger partial charge in [0.2, 0.25) is 0 Å². The molecule has 0 spiro atoms. The van der Waals surface area contributed by atoms with Crippen LogP contribution in [0.1, 0.15) is 16.1 Å². The predicted molar refractivity (Wildman–Crippen MR) is 86.8 cm³/mol. The fourth-order valence-electron chi connectivity index (χ4n) is 2.39. The lowest BCUT2D eigenvalue weighted by molar-refractivity contribution is 0.112. The molecule has 2 aromatic heterocycles. The van der Waals surface area contributed by atoms with Crippen LogP contribution in [0.2, 0.25) is 0 Å². The van der Waals surface area contributed by atoms with Crippen molar-refractivity contribution in [1.82, 2.24) is 8.96 Å². The smallest absolute Gasteiger partial charge is 0.269 e. The van der Waals surface area contributed by atoms with Crippen molar-refractivity contribution in [2.45, 2.75) is 11.8 Å². The van der Waals surface area contributed by atoms with Crippen molar-refractivity contribution in [2.24, 2.45) is 0 Å². The molecule has 0 bridgehead atoms. The van der Waals surface area contributed by atoms with Gasteiger partial charge in [-0.1, -0.05) is 30.3 Å². The van der Waals surface area contributed by atoms with Gasteiger partial charge in [-0.15, -0.1) is 0 Å². The highest BCUT2D eigenvalue weighted by atomic mass is 32.2. The Labute approximate surface area is 134 Å². The zero-order valence-electron chi connectivity index (χ0n) is 12.4. The number of aldehydes is 1. The molecular weight excluding hydrogens is 312 g/mol. The quantitative estimate of drug-likeness (QED) is 0.691. The minimum atomic E-state index is -3.84. The number of pyridine rings is 1.